The number of nitrogens with one attached hydrogen (secondary N) is 3. The molecule has 1 aromatic carbocycles. The summed E-state index contributed by atoms with van der Waals surface area (Å²) < 4.78 is 0.433. The van der Waals surface area contributed by atoms with Gasteiger partial charge >= 0.3 is 12.0 Å². The number of urea groups is 1. The number of halogens is 1. The molecule has 0 fully saturated rings. The van der Waals surface area contributed by atoms with Gasteiger partial charge in [-0.05, 0) is 28.1 Å². The molecular weight excluding hydrogens is 318 g/mol. The third-order valence-electron chi connectivity index (χ3n) is 2.17. The minimum absolute atomic E-state index is 0.0514. The van der Waals surface area contributed by atoms with Gasteiger partial charge in [-0.15, -0.1) is 0 Å². The molecule has 0 saturated carbocycles. The van der Waals surface area contributed by atoms with Crippen molar-refractivity contribution in [1.29, 1.82) is 0 Å². The Bertz CT molecular complexity index is 519. The number of para-hydroxylation sites is 1. The molecule has 1 rings (SSSR count). The lowest BCUT2D eigenvalue weighted by molar-refractivity contribution is -0.119. The predicted octanol–water partition coefficient (Wildman–Crippen LogP) is 1.01. The molecule has 0 saturated heterocycles. The number of hydrogen-bond donors (Lipinski definition) is 4. The number of carboxylic acid groups (broad SMARTS) is 1. The molecule has 0 aliphatic heterocycles. The molecule has 1 aromatic rings. The van der Waals surface area contributed by atoms with E-state index in [2.05, 4.69) is 31.9 Å². The summed E-state index contributed by atoms with van der Waals surface area (Å²) in [6, 6.07) is 3.83. The van der Waals surface area contributed by atoms with Crippen molar-refractivity contribution in [3.63, 3.8) is 0 Å². The molecule has 0 aliphatic carbocycles. The van der Waals surface area contributed by atoms with Crippen molar-refractivity contribution < 1.29 is 19.5 Å². The van der Waals surface area contributed by atoms with Crippen molar-refractivity contribution in [2.75, 3.05) is 18.9 Å². The van der Waals surface area contributed by atoms with Gasteiger partial charge in [0.15, 0.2) is 0 Å². The van der Waals surface area contributed by atoms with Gasteiger partial charge < -0.3 is 21.1 Å². The Morgan fingerprint density at radius 2 is 2.00 bits per heavy atom. The van der Waals surface area contributed by atoms with Gasteiger partial charge in [0.1, 0.15) is 0 Å². The molecule has 0 atom stereocenters. The quantitative estimate of drug-likeness (QED) is 0.661. The fourth-order valence-corrected chi connectivity index (χ4v) is 1.70. The summed E-state index contributed by atoms with van der Waals surface area (Å²) in [4.78, 5) is 33.5. The number of rotatable bonds is 4. The lowest BCUT2D eigenvalue weighted by Gasteiger charge is -2.11. The molecule has 4 N–H and O–H groups in total. The molecule has 0 spiro atoms. The Morgan fingerprint density at radius 3 is 2.58 bits per heavy atom. The van der Waals surface area contributed by atoms with Gasteiger partial charge in [0, 0.05) is 11.5 Å². The first kappa shape index (κ1) is 15.0. The number of likely N-dealkylation sites (N-methyl/N-ethyl adjacent to an activating group) is 1. The highest BCUT2D eigenvalue weighted by atomic mass is 79.9. The van der Waals surface area contributed by atoms with Crippen LogP contribution in [-0.4, -0.2) is 36.6 Å². The molecule has 0 radical (unpaired) electrons. The van der Waals surface area contributed by atoms with Crippen molar-refractivity contribution in [3.05, 3.63) is 28.2 Å². The van der Waals surface area contributed by atoms with E-state index in [1.54, 1.807) is 12.1 Å². The number of benzene rings is 1. The summed E-state index contributed by atoms with van der Waals surface area (Å²) in [7, 11) is 1.44. The zero-order valence-electron chi connectivity index (χ0n) is 9.99. The van der Waals surface area contributed by atoms with Crippen LogP contribution in [0, 0.1) is 0 Å². The molecule has 0 unspecified atom stereocenters. The van der Waals surface area contributed by atoms with Crippen molar-refractivity contribution in [2.45, 2.75) is 0 Å². The van der Waals surface area contributed by atoms with E-state index in [0.717, 1.165) is 0 Å². The molecule has 19 heavy (non-hydrogen) atoms. The standard InChI is InChI=1S/C11H12BrN3O4/c1-13-8(16)5-14-11(19)15-9-6(10(17)18)3-2-4-7(9)12/h2-4H,5H2,1H3,(H,13,16)(H,17,18)(H2,14,15,19). The SMILES string of the molecule is CNC(=O)CNC(=O)Nc1c(Br)cccc1C(=O)O. The largest absolute Gasteiger partial charge is 0.478 e. The van der Waals surface area contributed by atoms with E-state index in [0.29, 0.717) is 4.47 Å². The van der Waals surface area contributed by atoms with Crippen LogP contribution in [0.25, 0.3) is 0 Å². The van der Waals surface area contributed by atoms with E-state index in [1.165, 1.54) is 13.1 Å². The Labute approximate surface area is 117 Å². The number of hydrogen-bond acceptors (Lipinski definition) is 3. The van der Waals surface area contributed by atoms with Crippen LogP contribution in [0.1, 0.15) is 10.4 Å². The first-order chi connectivity index (χ1) is 8.95. The van der Waals surface area contributed by atoms with E-state index >= 15 is 0 Å². The monoisotopic (exact) mass is 329 g/mol. The molecule has 0 aliphatic rings. The maximum Gasteiger partial charge on any atom is 0.337 e. The highest BCUT2D eigenvalue weighted by Crippen LogP contribution is 2.26. The second-order valence-corrected chi connectivity index (χ2v) is 4.30. The topological polar surface area (TPSA) is 108 Å². The summed E-state index contributed by atoms with van der Waals surface area (Å²) in [6.07, 6.45) is 0. The molecule has 0 aromatic heterocycles. The molecule has 3 amide bonds. The number of aromatic carboxylic acids is 1. The summed E-state index contributed by atoms with van der Waals surface area (Å²) >= 11 is 3.15. The van der Waals surface area contributed by atoms with Gasteiger partial charge in [-0.1, -0.05) is 6.07 Å². The predicted molar refractivity (Wildman–Crippen MR) is 72.2 cm³/mol. The second kappa shape index (κ2) is 6.74. The van der Waals surface area contributed by atoms with Crippen LogP contribution in [0.3, 0.4) is 0 Å². The fourth-order valence-electron chi connectivity index (χ4n) is 1.24. The lowest BCUT2D eigenvalue weighted by atomic mass is 10.2. The van der Waals surface area contributed by atoms with Gasteiger partial charge in [0.2, 0.25) is 5.91 Å². The van der Waals surface area contributed by atoms with Crippen LogP contribution in [-0.2, 0) is 4.79 Å². The minimum atomic E-state index is -1.16. The number of amides is 3. The van der Waals surface area contributed by atoms with E-state index in [4.69, 9.17) is 5.11 Å². The maximum atomic E-state index is 11.5. The maximum absolute atomic E-state index is 11.5. The Morgan fingerprint density at radius 1 is 1.32 bits per heavy atom. The van der Waals surface area contributed by atoms with Gasteiger partial charge in [-0.25, -0.2) is 9.59 Å². The first-order valence-electron chi connectivity index (χ1n) is 5.23. The number of carbonyl (C=O) groups excluding carboxylic acids is 2. The Kier molecular flexibility index (Phi) is 5.31. The van der Waals surface area contributed by atoms with Crippen molar-refractivity contribution >= 4 is 39.5 Å². The Balaban J connectivity index is 2.79. The van der Waals surface area contributed by atoms with Gasteiger partial charge in [0.05, 0.1) is 17.8 Å². The molecular formula is C11H12BrN3O4. The van der Waals surface area contributed by atoms with E-state index in [9.17, 15) is 14.4 Å². The average molecular weight is 330 g/mol. The highest BCUT2D eigenvalue weighted by Gasteiger charge is 2.15. The fraction of sp³-hybridized carbons (Fsp3) is 0.182. The van der Waals surface area contributed by atoms with Crippen LogP contribution in [0.5, 0.6) is 0 Å². The lowest BCUT2D eigenvalue weighted by Crippen LogP contribution is -2.37. The van der Waals surface area contributed by atoms with E-state index in [1.807, 2.05) is 0 Å². The van der Waals surface area contributed by atoms with Gasteiger partial charge in [-0.2, -0.15) is 0 Å². The van der Waals surface area contributed by atoms with Crippen molar-refractivity contribution in [2.24, 2.45) is 0 Å². The van der Waals surface area contributed by atoms with Crippen LogP contribution in [0.2, 0.25) is 0 Å². The number of anilines is 1. The smallest absolute Gasteiger partial charge is 0.337 e. The third-order valence-corrected chi connectivity index (χ3v) is 2.83. The average Bonchev–Trinajstić information content (AvgIpc) is 2.38. The minimum Gasteiger partial charge on any atom is -0.478 e. The summed E-state index contributed by atoms with van der Waals surface area (Å²) in [5.41, 5.74) is 0.0777. The van der Waals surface area contributed by atoms with Crippen molar-refractivity contribution in [1.82, 2.24) is 10.6 Å². The summed E-state index contributed by atoms with van der Waals surface area (Å²) in [5.74, 6) is -1.52. The summed E-state index contributed by atoms with van der Waals surface area (Å²) in [6.45, 7) is -0.199. The zero-order valence-corrected chi connectivity index (χ0v) is 11.6. The Hall–Kier alpha value is -2.09. The van der Waals surface area contributed by atoms with E-state index < -0.39 is 12.0 Å². The van der Waals surface area contributed by atoms with Crippen LogP contribution >= 0.6 is 15.9 Å². The zero-order chi connectivity index (χ0) is 14.4. The van der Waals surface area contributed by atoms with Crippen LogP contribution in [0.4, 0.5) is 10.5 Å². The summed E-state index contributed by atoms with van der Waals surface area (Å²) in [5, 5.41) is 16.0. The number of carboxylic acids is 1. The molecule has 0 bridgehead atoms. The van der Waals surface area contributed by atoms with Gasteiger partial charge in [-0.3, -0.25) is 4.79 Å². The number of carbonyl (C=O) groups is 3. The normalized spacial score (nSPS) is 9.58. The van der Waals surface area contributed by atoms with Crippen LogP contribution in [0.15, 0.2) is 22.7 Å². The van der Waals surface area contributed by atoms with Gasteiger partial charge in [0.25, 0.3) is 0 Å². The van der Waals surface area contributed by atoms with Crippen molar-refractivity contribution in [3.8, 4) is 0 Å². The second-order valence-electron chi connectivity index (χ2n) is 3.45. The molecule has 8 heteroatoms. The molecule has 102 valence electrons. The first-order valence-corrected chi connectivity index (χ1v) is 6.02. The van der Waals surface area contributed by atoms with Crippen LogP contribution < -0.4 is 16.0 Å². The third kappa shape index (κ3) is 4.25. The molecule has 7 nitrogen and oxygen atoms in total. The van der Waals surface area contributed by atoms with E-state index in [-0.39, 0.29) is 23.7 Å². The highest BCUT2D eigenvalue weighted by molar-refractivity contribution is 9.10. The molecule has 0 heterocycles.